The number of halogens is 1. The molecule has 0 unspecified atom stereocenters. The molecule has 0 bridgehead atoms. The minimum absolute atomic E-state index is 0.0824. The van der Waals surface area contributed by atoms with Gasteiger partial charge in [-0.05, 0) is 50.9 Å². The smallest absolute Gasteiger partial charge is 0.478 e. The molecular formula is C23H26BFN2O6. The summed E-state index contributed by atoms with van der Waals surface area (Å²) < 4.78 is 32.0. The molecule has 1 aromatic carbocycles. The lowest BCUT2D eigenvalue weighted by molar-refractivity contribution is 0.00578. The van der Waals surface area contributed by atoms with Crippen molar-refractivity contribution < 1.29 is 33.1 Å². The molecule has 1 aliphatic heterocycles. The van der Waals surface area contributed by atoms with E-state index < -0.39 is 41.8 Å². The molecule has 0 atom stereocenters. The molecule has 1 aliphatic rings. The highest BCUT2D eigenvalue weighted by Crippen LogP contribution is 2.38. The number of hydrogen-bond acceptors (Lipinski definition) is 6. The number of rotatable bonds is 7. The van der Waals surface area contributed by atoms with Crippen LogP contribution in [0, 0.1) is 5.82 Å². The lowest BCUT2D eigenvalue weighted by atomic mass is 9.77. The quantitative estimate of drug-likeness (QED) is 0.610. The van der Waals surface area contributed by atoms with Crippen LogP contribution in [0.2, 0.25) is 0 Å². The maximum absolute atomic E-state index is 14.7. The van der Waals surface area contributed by atoms with E-state index in [9.17, 15) is 19.1 Å². The number of carboxylic acid groups (broad SMARTS) is 1. The van der Waals surface area contributed by atoms with Gasteiger partial charge in [0.25, 0.3) is 0 Å². The van der Waals surface area contributed by atoms with Crippen LogP contribution < -0.4 is 5.32 Å². The van der Waals surface area contributed by atoms with Crippen molar-refractivity contribution in [3.8, 4) is 0 Å². The zero-order valence-electron chi connectivity index (χ0n) is 18.9. The highest BCUT2D eigenvalue weighted by Gasteiger charge is 2.52. The second-order valence-electron chi connectivity index (χ2n) is 8.59. The van der Waals surface area contributed by atoms with E-state index in [-0.39, 0.29) is 18.8 Å². The van der Waals surface area contributed by atoms with Crippen LogP contribution in [0.1, 0.15) is 49.3 Å². The number of carboxylic acids is 1. The zero-order valence-corrected chi connectivity index (χ0v) is 18.9. The molecule has 0 aliphatic carbocycles. The number of aromatic carboxylic acids is 1. The number of ether oxygens (including phenoxy) is 1. The fourth-order valence-electron chi connectivity index (χ4n) is 3.05. The number of aromatic nitrogens is 1. The molecule has 0 radical (unpaired) electrons. The molecule has 10 heteroatoms. The van der Waals surface area contributed by atoms with Gasteiger partial charge in [-0.15, -0.1) is 0 Å². The maximum atomic E-state index is 14.7. The van der Waals surface area contributed by atoms with Gasteiger partial charge in [-0.2, -0.15) is 0 Å². The Labute approximate surface area is 191 Å². The Morgan fingerprint density at radius 2 is 1.79 bits per heavy atom. The molecular weight excluding hydrogens is 430 g/mol. The van der Waals surface area contributed by atoms with Gasteiger partial charge >= 0.3 is 19.2 Å². The van der Waals surface area contributed by atoms with E-state index in [1.165, 1.54) is 12.3 Å². The average molecular weight is 456 g/mol. The predicted octanol–water partition coefficient (Wildman–Crippen LogP) is 3.86. The van der Waals surface area contributed by atoms with Crippen molar-refractivity contribution in [2.75, 3.05) is 6.54 Å². The van der Waals surface area contributed by atoms with Crippen molar-refractivity contribution in [2.45, 2.75) is 45.5 Å². The van der Waals surface area contributed by atoms with Crippen LogP contribution in [0.25, 0.3) is 6.08 Å². The van der Waals surface area contributed by atoms with Gasteiger partial charge in [0, 0.05) is 12.7 Å². The molecule has 1 amide bonds. The third kappa shape index (κ3) is 5.77. The van der Waals surface area contributed by atoms with E-state index in [0.717, 1.165) is 11.6 Å². The number of alkyl carbamates (subject to hydrolysis) is 1. The minimum Gasteiger partial charge on any atom is -0.478 e. The van der Waals surface area contributed by atoms with Gasteiger partial charge in [-0.3, -0.25) is 4.98 Å². The van der Waals surface area contributed by atoms with Crippen LogP contribution in [-0.4, -0.2) is 47.0 Å². The third-order valence-corrected chi connectivity index (χ3v) is 5.67. The highest BCUT2D eigenvalue weighted by molar-refractivity contribution is 6.56. The summed E-state index contributed by atoms with van der Waals surface area (Å²) in [5.41, 5.74) is -0.914. The molecule has 1 saturated heterocycles. The van der Waals surface area contributed by atoms with E-state index >= 15 is 0 Å². The van der Waals surface area contributed by atoms with Crippen LogP contribution >= 0.6 is 0 Å². The van der Waals surface area contributed by atoms with E-state index in [2.05, 4.69) is 10.3 Å². The Balaban J connectivity index is 1.81. The number of carbonyl (C=O) groups excluding carboxylic acids is 1. The molecule has 2 heterocycles. The molecule has 0 saturated carbocycles. The minimum atomic E-state index is -1.41. The molecule has 3 rings (SSSR count). The van der Waals surface area contributed by atoms with Gasteiger partial charge in [0.1, 0.15) is 6.61 Å². The number of carbonyl (C=O) groups is 2. The van der Waals surface area contributed by atoms with E-state index in [1.807, 2.05) is 58.0 Å². The summed E-state index contributed by atoms with van der Waals surface area (Å²) in [6.45, 7) is 7.42. The second-order valence-corrected chi connectivity index (χ2v) is 8.59. The van der Waals surface area contributed by atoms with E-state index in [0.29, 0.717) is 5.47 Å². The van der Waals surface area contributed by atoms with Crippen LogP contribution in [0.4, 0.5) is 9.18 Å². The van der Waals surface area contributed by atoms with Gasteiger partial charge in [-0.1, -0.05) is 30.3 Å². The number of hydrogen-bond donors (Lipinski definition) is 2. The van der Waals surface area contributed by atoms with E-state index in [4.69, 9.17) is 14.0 Å². The number of amides is 1. The van der Waals surface area contributed by atoms with Crippen molar-refractivity contribution in [2.24, 2.45) is 0 Å². The van der Waals surface area contributed by atoms with Gasteiger partial charge in [-0.25, -0.2) is 14.0 Å². The fraction of sp³-hybridized carbons (Fsp3) is 0.348. The maximum Gasteiger partial charge on any atom is 0.492 e. The van der Waals surface area contributed by atoms with Crippen molar-refractivity contribution >= 4 is 25.3 Å². The average Bonchev–Trinajstić information content (AvgIpc) is 2.98. The summed E-state index contributed by atoms with van der Waals surface area (Å²) in [6.07, 6.45) is 1.83. The molecule has 33 heavy (non-hydrogen) atoms. The van der Waals surface area contributed by atoms with Gasteiger partial charge in [0.2, 0.25) is 0 Å². The lowest BCUT2D eigenvalue weighted by Crippen LogP contribution is -2.41. The summed E-state index contributed by atoms with van der Waals surface area (Å²) in [4.78, 5) is 27.5. The Bertz CT molecular complexity index is 1040. The molecule has 0 spiro atoms. The lowest BCUT2D eigenvalue weighted by Gasteiger charge is -2.32. The van der Waals surface area contributed by atoms with Crippen LogP contribution in [0.15, 0.2) is 48.1 Å². The monoisotopic (exact) mass is 456 g/mol. The summed E-state index contributed by atoms with van der Waals surface area (Å²) >= 11 is 0. The standard InChI is InChI=1S/C23H26BFN2O6/c1-22(2)23(3,4)33-24(32-22)16(12-18-19(25)17(20(28)29)10-11-26-18)13-27-21(30)31-14-15-8-6-5-7-9-15/h5-12H,13-14H2,1-4H3,(H,27,30)(H,28,29). The van der Waals surface area contributed by atoms with Crippen molar-refractivity contribution in [1.82, 2.24) is 10.3 Å². The summed E-state index contributed by atoms with van der Waals surface area (Å²) in [6, 6.07) is 10.3. The Morgan fingerprint density at radius 1 is 1.15 bits per heavy atom. The van der Waals surface area contributed by atoms with Crippen molar-refractivity contribution in [1.29, 1.82) is 0 Å². The first kappa shape index (κ1) is 24.4. The topological polar surface area (TPSA) is 107 Å². The summed E-state index contributed by atoms with van der Waals surface area (Å²) in [7, 11) is -0.917. The summed E-state index contributed by atoms with van der Waals surface area (Å²) in [5, 5.41) is 11.8. The van der Waals surface area contributed by atoms with Gasteiger partial charge < -0.3 is 24.5 Å². The molecule has 8 nitrogen and oxygen atoms in total. The first-order chi connectivity index (χ1) is 15.5. The Morgan fingerprint density at radius 3 is 2.39 bits per heavy atom. The van der Waals surface area contributed by atoms with Crippen LogP contribution in [0.3, 0.4) is 0 Å². The normalized spacial score (nSPS) is 17.0. The van der Waals surface area contributed by atoms with Crippen molar-refractivity contribution in [3.05, 3.63) is 70.7 Å². The third-order valence-electron chi connectivity index (χ3n) is 5.67. The number of nitrogens with zero attached hydrogens (tertiary/aromatic N) is 1. The molecule has 1 fully saturated rings. The molecule has 174 valence electrons. The molecule has 2 N–H and O–H groups in total. The first-order valence-corrected chi connectivity index (χ1v) is 10.4. The van der Waals surface area contributed by atoms with Crippen LogP contribution in [0.5, 0.6) is 0 Å². The van der Waals surface area contributed by atoms with Crippen molar-refractivity contribution in [3.63, 3.8) is 0 Å². The molecule has 2 aromatic rings. The Kier molecular flexibility index (Phi) is 7.19. The second kappa shape index (κ2) is 9.72. The largest absolute Gasteiger partial charge is 0.492 e. The van der Waals surface area contributed by atoms with Crippen LogP contribution in [-0.2, 0) is 20.7 Å². The SMILES string of the molecule is CC1(C)OB(C(=Cc2nccc(C(=O)O)c2F)CNC(=O)OCc2ccccc2)OC1(C)C. The zero-order chi connectivity index (χ0) is 24.2. The highest BCUT2D eigenvalue weighted by atomic mass is 19.1. The predicted molar refractivity (Wildman–Crippen MR) is 120 cm³/mol. The number of pyridine rings is 1. The van der Waals surface area contributed by atoms with Gasteiger partial charge in [0.05, 0.1) is 22.5 Å². The Hall–Kier alpha value is -3.24. The summed E-state index contributed by atoms with van der Waals surface area (Å²) in [5.74, 6) is -2.41. The van der Waals surface area contributed by atoms with Gasteiger partial charge in [0.15, 0.2) is 5.82 Å². The fourth-order valence-corrected chi connectivity index (χ4v) is 3.05. The molecule has 1 aromatic heterocycles. The number of benzene rings is 1. The first-order valence-electron chi connectivity index (χ1n) is 10.4. The van der Waals surface area contributed by atoms with E-state index in [1.54, 1.807) is 0 Å². The number of nitrogens with one attached hydrogen (secondary N) is 1.